The van der Waals surface area contributed by atoms with Crippen LogP contribution < -0.4 is 10.6 Å². The summed E-state index contributed by atoms with van der Waals surface area (Å²) in [5.74, 6) is -0.504. The van der Waals surface area contributed by atoms with Gasteiger partial charge < -0.3 is 15.4 Å². The van der Waals surface area contributed by atoms with E-state index in [1.54, 1.807) is 30.3 Å². The smallest absolute Gasteiger partial charge is 0.339 e. The molecule has 2 N–H and O–H groups in total. The number of benzene rings is 2. The molecule has 0 spiro atoms. The van der Waals surface area contributed by atoms with Crippen LogP contribution in [-0.2, 0) is 4.74 Å². The summed E-state index contributed by atoms with van der Waals surface area (Å²) in [5, 5.41) is 5.19. The molecule has 112 valence electrons. The van der Waals surface area contributed by atoms with Crippen LogP contribution in [0.15, 0.2) is 60.8 Å². The summed E-state index contributed by atoms with van der Waals surface area (Å²) in [6.07, 6.45) is 3.30. The number of anilines is 1. The fraction of sp³-hybridized carbons (Fsp3) is 0.0588. The molecule has 0 bridgehead atoms. The van der Waals surface area contributed by atoms with Crippen molar-refractivity contribution in [1.29, 1.82) is 0 Å². The van der Waals surface area contributed by atoms with Gasteiger partial charge in [0.1, 0.15) is 0 Å². The van der Waals surface area contributed by atoms with Crippen LogP contribution in [0.5, 0.6) is 0 Å². The molecular formula is C17H16N2O3. The zero-order chi connectivity index (χ0) is 15.8. The SMILES string of the molecule is COC(=O)c1ccccc1NC(=O)N/C=C/c1ccccc1. The number of esters is 1. The molecule has 2 rings (SSSR count). The summed E-state index contributed by atoms with van der Waals surface area (Å²) in [6.45, 7) is 0. The molecule has 0 saturated heterocycles. The molecule has 0 heterocycles. The Bertz CT molecular complexity index is 681. The zero-order valence-electron chi connectivity index (χ0n) is 12.1. The molecule has 0 unspecified atom stereocenters. The quantitative estimate of drug-likeness (QED) is 0.851. The highest BCUT2D eigenvalue weighted by Crippen LogP contribution is 2.15. The van der Waals surface area contributed by atoms with Crippen LogP contribution in [0.1, 0.15) is 15.9 Å². The standard InChI is InChI=1S/C17H16N2O3/c1-22-16(20)14-9-5-6-10-15(14)19-17(21)18-12-11-13-7-3-2-4-8-13/h2-12H,1H3,(H2,18,19,21)/b12-11+. The summed E-state index contributed by atoms with van der Waals surface area (Å²) >= 11 is 0. The van der Waals surface area contributed by atoms with Gasteiger partial charge in [-0.2, -0.15) is 0 Å². The Balaban J connectivity index is 1.98. The van der Waals surface area contributed by atoms with Crippen molar-refractivity contribution in [1.82, 2.24) is 5.32 Å². The number of nitrogens with one attached hydrogen (secondary N) is 2. The zero-order valence-corrected chi connectivity index (χ0v) is 12.1. The maximum absolute atomic E-state index is 11.8. The number of ether oxygens (including phenoxy) is 1. The summed E-state index contributed by atoms with van der Waals surface area (Å²) in [7, 11) is 1.29. The van der Waals surface area contributed by atoms with Gasteiger partial charge in [-0.15, -0.1) is 0 Å². The van der Waals surface area contributed by atoms with Gasteiger partial charge in [0, 0.05) is 6.20 Å². The summed E-state index contributed by atoms with van der Waals surface area (Å²) in [4.78, 5) is 23.4. The molecule has 2 aromatic carbocycles. The second-order valence-electron chi connectivity index (χ2n) is 4.38. The van der Waals surface area contributed by atoms with Crippen LogP contribution in [0.25, 0.3) is 6.08 Å². The third-order valence-corrected chi connectivity index (χ3v) is 2.87. The number of carbonyl (C=O) groups is 2. The number of para-hydroxylation sites is 1. The maximum Gasteiger partial charge on any atom is 0.339 e. The third kappa shape index (κ3) is 4.21. The third-order valence-electron chi connectivity index (χ3n) is 2.87. The number of carbonyl (C=O) groups excluding carboxylic acids is 2. The molecule has 0 radical (unpaired) electrons. The van der Waals surface area contributed by atoms with Crippen molar-refractivity contribution in [3.63, 3.8) is 0 Å². The largest absolute Gasteiger partial charge is 0.465 e. The highest BCUT2D eigenvalue weighted by molar-refractivity contribution is 6.01. The second-order valence-corrected chi connectivity index (χ2v) is 4.38. The van der Waals surface area contributed by atoms with E-state index in [-0.39, 0.29) is 0 Å². The second kappa shape index (κ2) is 7.64. The van der Waals surface area contributed by atoms with Crippen molar-refractivity contribution in [2.45, 2.75) is 0 Å². The average molecular weight is 296 g/mol. The van der Waals surface area contributed by atoms with Crippen LogP contribution >= 0.6 is 0 Å². The minimum Gasteiger partial charge on any atom is -0.465 e. The first-order chi connectivity index (χ1) is 10.7. The number of rotatable bonds is 4. The van der Waals surface area contributed by atoms with E-state index in [1.165, 1.54) is 13.3 Å². The van der Waals surface area contributed by atoms with Crippen molar-refractivity contribution in [2.24, 2.45) is 0 Å². The van der Waals surface area contributed by atoms with Crippen molar-refractivity contribution in [3.8, 4) is 0 Å². The summed E-state index contributed by atoms with van der Waals surface area (Å²) < 4.78 is 4.67. The van der Waals surface area contributed by atoms with Gasteiger partial charge in [-0.3, -0.25) is 0 Å². The molecule has 0 fully saturated rings. The maximum atomic E-state index is 11.8. The van der Waals surface area contributed by atoms with Crippen molar-refractivity contribution >= 4 is 23.8 Å². The van der Waals surface area contributed by atoms with Crippen LogP contribution in [0, 0.1) is 0 Å². The van der Waals surface area contributed by atoms with Crippen molar-refractivity contribution in [3.05, 3.63) is 71.9 Å². The minimum absolute atomic E-state index is 0.298. The number of urea groups is 1. The van der Waals surface area contributed by atoms with E-state index in [4.69, 9.17) is 0 Å². The number of methoxy groups -OCH3 is 1. The number of amides is 2. The Morgan fingerprint density at radius 2 is 1.68 bits per heavy atom. The van der Waals surface area contributed by atoms with Crippen molar-refractivity contribution in [2.75, 3.05) is 12.4 Å². The number of hydrogen-bond donors (Lipinski definition) is 2. The van der Waals surface area contributed by atoms with Gasteiger partial charge in [0.25, 0.3) is 0 Å². The lowest BCUT2D eigenvalue weighted by molar-refractivity contribution is 0.0602. The van der Waals surface area contributed by atoms with Gasteiger partial charge in [-0.25, -0.2) is 9.59 Å². The normalized spacial score (nSPS) is 10.2. The number of hydrogen-bond acceptors (Lipinski definition) is 3. The first kappa shape index (κ1) is 15.3. The average Bonchev–Trinajstić information content (AvgIpc) is 2.55. The van der Waals surface area contributed by atoms with Gasteiger partial charge >= 0.3 is 12.0 Å². The van der Waals surface area contributed by atoms with E-state index in [1.807, 2.05) is 30.3 Å². The molecule has 5 heteroatoms. The highest BCUT2D eigenvalue weighted by Gasteiger charge is 2.12. The van der Waals surface area contributed by atoms with Gasteiger partial charge in [0.15, 0.2) is 0 Å². The topological polar surface area (TPSA) is 67.4 Å². The molecule has 2 aromatic rings. The van der Waals surface area contributed by atoms with Gasteiger partial charge in [0.05, 0.1) is 18.4 Å². The molecule has 0 aliphatic rings. The Hall–Kier alpha value is -3.08. The highest BCUT2D eigenvalue weighted by atomic mass is 16.5. The molecule has 2 amide bonds. The van der Waals surface area contributed by atoms with E-state index < -0.39 is 12.0 Å². The Morgan fingerprint density at radius 1 is 1.00 bits per heavy atom. The Labute approximate surface area is 128 Å². The summed E-state index contributed by atoms with van der Waals surface area (Å²) in [5.41, 5.74) is 1.66. The van der Waals surface area contributed by atoms with E-state index in [0.29, 0.717) is 11.3 Å². The predicted octanol–water partition coefficient (Wildman–Crippen LogP) is 3.27. The van der Waals surface area contributed by atoms with Crippen LogP contribution in [0.4, 0.5) is 10.5 Å². The van der Waals surface area contributed by atoms with E-state index in [2.05, 4.69) is 15.4 Å². The minimum atomic E-state index is -0.504. The molecule has 0 aromatic heterocycles. The van der Waals surface area contributed by atoms with E-state index >= 15 is 0 Å². The van der Waals surface area contributed by atoms with Crippen LogP contribution in [-0.4, -0.2) is 19.1 Å². The molecule has 0 aliphatic carbocycles. The molecule has 5 nitrogen and oxygen atoms in total. The van der Waals surface area contributed by atoms with Gasteiger partial charge in [-0.1, -0.05) is 42.5 Å². The first-order valence-corrected chi connectivity index (χ1v) is 6.67. The van der Waals surface area contributed by atoms with Crippen LogP contribution in [0.2, 0.25) is 0 Å². The van der Waals surface area contributed by atoms with Gasteiger partial charge in [-0.05, 0) is 23.8 Å². The lowest BCUT2D eigenvalue weighted by Crippen LogP contribution is -2.25. The Kier molecular flexibility index (Phi) is 5.31. The first-order valence-electron chi connectivity index (χ1n) is 6.67. The van der Waals surface area contributed by atoms with Crippen molar-refractivity contribution < 1.29 is 14.3 Å². The van der Waals surface area contributed by atoms with Gasteiger partial charge in [0.2, 0.25) is 0 Å². The molecule has 0 aliphatic heterocycles. The molecule has 0 atom stereocenters. The predicted molar refractivity (Wildman–Crippen MR) is 85.4 cm³/mol. The molecule has 22 heavy (non-hydrogen) atoms. The lowest BCUT2D eigenvalue weighted by atomic mass is 10.2. The summed E-state index contributed by atoms with van der Waals surface area (Å²) in [6, 6.07) is 15.8. The Morgan fingerprint density at radius 3 is 2.41 bits per heavy atom. The fourth-order valence-electron chi connectivity index (χ4n) is 1.82. The lowest BCUT2D eigenvalue weighted by Gasteiger charge is -2.09. The van der Waals surface area contributed by atoms with E-state index in [0.717, 1.165) is 5.56 Å². The monoisotopic (exact) mass is 296 g/mol. The molecular weight excluding hydrogens is 280 g/mol. The fourth-order valence-corrected chi connectivity index (χ4v) is 1.82. The van der Waals surface area contributed by atoms with E-state index in [9.17, 15) is 9.59 Å². The molecule has 0 saturated carbocycles. The van der Waals surface area contributed by atoms with Crippen LogP contribution in [0.3, 0.4) is 0 Å².